The van der Waals surface area contributed by atoms with Gasteiger partial charge in [-0.15, -0.1) is 0 Å². The summed E-state index contributed by atoms with van der Waals surface area (Å²) in [5, 5.41) is 4.86. The fraction of sp³-hybridized carbons (Fsp3) is 0.438. The lowest BCUT2D eigenvalue weighted by atomic mass is 9.85. The number of aromatic nitrogens is 1. The molecule has 1 aromatic heterocycles. The van der Waals surface area contributed by atoms with Crippen LogP contribution in [-0.4, -0.2) is 17.6 Å². The Labute approximate surface area is 108 Å². The first kappa shape index (κ1) is 11.7. The van der Waals surface area contributed by atoms with Gasteiger partial charge in [0.15, 0.2) is 0 Å². The Morgan fingerprint density at radius 1 is 1.22 bits per heavy atom. The number of nitrogens with zero attached hydrogens (tertiary/aromatic N) is 1. The molecule has 2 aromatic rings. The minimum Gasteiger partial charge on any atom is -0.314 e. The van der Waals surface area contributed by atoms with Gasteiger partial charge in [-0.05, 0) is 56.8 Å². The van der Waals surface area contributed by atoms with Gasteiger partial charge in [-0.3, -0.25) is 4.98 Å². The number of rotatable bonds is 1. The van der Waals surface area contributed by atoms with Crippen LogP contribution in [0, 0.1) is 6.92 Å². The summed E-state index contributed by atoms with van der Waals surface area (Å²) in [5.74, 6) is 0.675. The third kappa shape index (κ3) is 2.13. The number of hydrogen-bond acceptors (Lipinski definition) is 2. The number of aryl methyl sites for hydroxylation is 1. The Hall–Kier alpha value is -1.41. The van der Waals surface area contributed by atoms with E-state index in [1.807, 2.05) is 0 Å². The van der Waals surface area contributed by atoms with Crippen molar-refractivity contribution >= 4 is 10.9 Å². The Morgan fingerprint density at radius 2 is 2.11 bits per heavy atom. The van der Waals surface area contributed by atoms with E-state index in [4.69, 9.17) is 0 Å². The zero-order chi connectivity index (χ0) is 12.5. The molecule has 0 spiro atoms. The topological polar surface area (TPSA) is 24.9 Å². The third-order valence-corrected chi connectivity index (χ3v) is 3.97. The van der Waals surface area contributed by atoms with Crippen molar-refractivity contribution in [2.24, 2.45) is 0 Å². The smallest absolute Gasteiger partial charge is 0.0708 e. The molecule has 0 radical (unpaired) electrons. The molecular weight excluding hydrogens is 220 g/mol. The van der Waals surface area contributed by atoms with E-state index in [0.29, 0.717) is 12.0 Å². The maximum absolute atomic E-state index is 4.63. The van der Waals surface area contributed by atoms with Crippen molar-refractivity contribution in [2.45, 2.75) is 38.6 Å². The van der Waals surface area contributed by atoms with Gasteiger partial charge in [0.05, 0.1) is 5.52 Å². The molecule has 0 saturated carbocycles. The van der Waals surface area contributed by atoms with Crippen LogP contribution in [0.15, 0.2) is 30.3 Å². The Balaban J connectivity index is 2.05. The minimum absolute atomic E-state index is 0.623. The summed E-state index contributed by atoms with van der Waals surface area (Å²) in [6.45, 7) is 5.46. The highest BCUT2D eigenvalue weighted by Crippen LogP contribution is 2.32. The zero-order valence-corrected chi connectivity index (χ0v) is 11.1. The number of piperidine rings is 1. The van der Waals surface area contributed by atoms with Crippen LogP contribution in [0.3, 0.4) is 0 Å². The molecule has 0 unspecified atom stereocenters. The first-order valence-corrected chi connectivity index (χ1v) is 6.83. The second-order valence-electron chi connectivity index (χ2n) is 5.44. The van der Waals surface area contributed by atoms with E-state index in [1.54, 1.807) is 0 Å². The Kier molecular flexibility index (Phi) is 3.04. The van der Waals surface area contributed by atoms with Crippen molar-refractivity contribution in [1.29, 1.82) is 0 Å². The molecule has 3 rings (SSSR count). The molecule has 1 saturated heterocycles. The third-order valence-electron chi connectivity index (χ3n) is 3.97. The summed E-state index contributed by atoms with van der Waals surface area (Å²) < 4.78 is 0. The molecule has 0 aliphatic carbocycles. The van der Waals surface area contributed by atoms with Crippen molar-refractivity contribution < 1.29 is 0 Å². The molecule has 18 heavy (non-hydrogen) atoms. The summed E-state index contributed by atoms with van der Waals surface area (Å²) >= 11 is 0. The standard InChI is InChI=1S/C16H20N2/c1-11-6-7-15-14(4-3-5-16(15)18-11)13-8-9-17-12(2)10-13/h3-7,12-13,17H,8-10H2,1-2H3/t12-,13+/m0/s1. The molecule has 1 N–H and O–H groups in total. The van der Waals surface area contributed by atoms with Crippen LogP contribution in [-0.2, 0) is 0 Å². The molecule has 0 amide bonds. The highest BCUT2D eigenvalue weighted by Gasteiger charge is 2.21. The van der Waals surface area contributed by atoms with Gasteiger partial charge in [-0.2, -0.15) is 0 Å². The summed E-state index contributed by atoms with van der Waals surface area (Å²) in [6.07, 6.45) is 2.46. The lowest BCUT2D eigenvalue weighted by Crippen LogP contribution is -2.34. The molecule has 2 atom stereocenters. The molecule has 1 fully saturated rings. The van der Waals surface area contributed by atoms with Crippen LogP contribution >= 0.6 is 0 Å². The molecule has 1 aliphatic rings. The number of pyridine rings is 1. The SMILES string of the molecule is Cc1ccc2c([C@@H]3CCN[C@@H](C)C3)cccc2n1. The van der Waals surface area contributed by atoms with Gasteiger partial charge in [-0.25, -0.2) is 0 Å². The van der Waals surface area contributed by atoms with Gasteiger partial charge in [-0.1, -0.05) is 18.2 Å². The predicted octanol–water partition coefficient (Wildman–Crippen LogP) is 3.40. The van der Waals surface area contributed by atoms with E-state index >= 15 is 0 Å². The maximum atomic E-state index is 4.63. The van der Waals surface area contributed by atoms with Crippen molar-refractivity contribution in [3.8, 4) is 0 Å². The number of hydrogen-bond donors (Lipinski definition) is 1. The summed E-state index contributed by atoms with van der Waals surface area (Å²) in [6, 6.07) is 11.5. The fourth-order valence-corrected chi connectivity index (χ4v) is 3.05. The lowest BCUT2D eigenvalue weighted by Gasteiger charge is -2.29. The molecule has 0 bridgehead atoms. The van der Waals surface area contributed by atoms with Crippen LogP contribution in [0.4, 0.5) is 0 Å². The number of benzene rings is 1. The van der Waals surface area contributed by atoms with E-state index in [1.165, 1.54) is 23.8 Å². The van der Waals surface area contributed by atoms with E-state index in [2.05, 4.69) is 54.5 Å². The first-order valence-electron chi connectivity index (χ1n) is 6.83. The van der Waals surface area contributed by atoms with Crippen molar-refractivity contribution in [3.63, 3.8) is 0 Å². The van der Waals surface area contributed by atoms with E-state index in [-0.39, 0.29) is 0 Å². The van der Waals surface area contributed by atoms with Crippen molar-refractivity contribution in [3.05, 3.63) is 41.6 Å². The predicted molar refractivity (Wildman–Crippen MR) is 75.9 cm³/mol. The Morgan fingerprint density at radius 3 is 2.94 bits per heavy atom. The number of nitrogens with one attached hydrogen (secondary N) is 1. The number of fused-ring (bicyclic) bond motifs is 1. The Bertz CT molecular complexity index is 562. The van der Waals surface area contributed by atoms with Crippen LogP contribution in [0.1, 0.15) is 36.9 Å². The maximum Gasteiger partial charge on any atom is 0.0708 e. The highest BCUT2D eigenvalue weighted by atomic mass is 14.9. The molecule has 2 nitrogen and oxygen atoms in total. The minimum atomic E-state index is 0.623. The van der Waals surface area contributed by atoms with Crippen molar-refractivity contribution in [2.75, 3.05) is 6.54 Å². The lowest BCUT2D eigenvalue weighted by molar-refractivity contribution is 0.382. The fourth-order valence-electron chi connectivity index (χ4n) is 3.05. The van der Waals surface area contributed by atoms with Gasteiger partial charge in [0.1, 0.15) is 0 Å². The van der Waals surface area contributed by atoms with E-state index < -0.39 is 0 Å². The molecule has 94 valence electrons. The van der Waals surface area contributed by atoms with Crippen LogP contribution < -0.4 is 5.32 Å². The highest BCUT2D eigenvalue weighted by molar-refractivity contribution is 5.82. The normalized spacial score (nSPS) is 24.3. The van der Waals surface area contributed by atoms with E-state index in [0.717, 1.165) is 17.8 Å². The van der Waals surface area contributed by atoms with Crippen molar-refractivity contribution in [1.82, 2.24) is 10.3 Å². The van der Waals surface area contributed by atoms with Gasteiger partial charge < -0.3 is 5.32 Å². The average Bonchev–Trinajstić information content (AvgIpc) is 2.37. The average molecular weight is 240 g/mol. The van der Waals surface area contributed by atoms with Crippen LogP contribution in [0.5, 0.6) is 0 Å². The van der Waals surface area contributed by atoms with Crippen LogP contribution in [0.25, 0.3) is 10.9 Å². The molecule has 2 heteroatoms. The monoisotopic (exact) mass is 240 g/mol. The first-order chi connectivity index (χ1) is 8.74. The van der Waals surface area contributed by atoms with Gasteiger partial charge in [0.25, 0.3) is 0 Å². The zero-order valence-electron chi connectivity index (χ0n) is 11.1. The van der Waals surface area contributed by atoms with Gasteiger partial charge in [0, 0.05) is 17.1 Å². The summed E-state index contributed by atoms with van der Waals surface area (Å²) in [5.41, 5.74) is 3.71. The molecule has 1 aliphatic heterocycles. The van der Waals surface area contributed by atoms with Gasteiger partial charge in [0.2, 0.25) is 0 Å². The summed E-state index contributed by atoms with van der Waals surface area (Å²) in [7, 11) is 0. The van der Waals surface area contributed by atoms with Crippen LogP contribution in [0.2, 0.25) is 0 Å². The summed E-state index contributed by atoms with van der Waals surface area (Å²) in [4.78, 5) is 4.63. The molecular formula is C16H20N2. The second-order valence-corrected chi connectivity index (χ2v) is 5.44. The van der Waals surface area contributed by atoms with Gasteiger partial charge >= 0.3 is 0 Å². The molecule has 1 aromatic carbocycles. The second kappa shape index (κ2) is 4.69. The largest absolute Gasteiger partial charge is 0.314 e. The quantitative estimate of drug-likeness (QED) is 0.826. The molecule has 2 heterocycles. The van der Waals surface area contributed by atoms with E-state index in [9.17, 15) is 0 Å².